The minimum atomic E-state index is -0.0597. The zero-order valence-corrected chi connectivity index (χ0v) is 11.9. The Morgan fingerprint density at radius 2 is 2.11 bits per heavy atom. The van der Waals surface area contributed by atoms with Gasteiger partial charge in [0.1, 0.15) is 0 Å². The third kappa shape index (κ3) is 3.78. The first-order valence-corrected chi connectivity index (χ1v) is 7.03. The van der Waals surface area contributed by atoms with Crippen molar-refractivity contribution in [3.05, 3.63) is 12.2 Å². The second-order valence-electron chi connectivity index (χ2n) is 6.02. The number of morpholine rings is 1. The maximum atomic E-state index is 12.1. The number of carbonyl (C=O) groups is 1. The second-order valence-corrected chi connectivity index (χ2v) is 6.02. The Bertz CT molecular complexity index is 349. The van der Waals surface area contributed by atoms with Crippen molar-refractivity contribution in [1.82, 2.24) is 10.2 Å². The summed E-state index contributed by atoms with van der Waals surface area (Å²) < 4.78 is 5.36. The van der Waals surface area contributed by atoms with Crippen LogP contribution in [0, 0.1) is 5.92 Å². The van der Waals surface area contributed by atoms with E-state index in [1.54, 1.807) is 0 Å². The Morgan fingerprint density at radius 3 is 2.68 bits per heavy atom. The zero-order valence-electron chi connectivity index (χ0n) is 11.9. The molecular weight excluding hydrogens is 242 g/mol. The first-order valence-electron chi connectivity index (χ1n) is 7.03. The summed E-state index contributed by atoms with van der Waals surface area (Å²) in [6.45, 7) is 8.39. The minimum Gasteiger partial charge on any atom is -0.379 e. The predicted molar refractivity (Wildman–Crippen MR) is 74.7 cm³/mol. The van der Waals surface area contributed by atoms with Gasteiger partial charge in [0, 0.05) is 31.2 Å². The summed E-state index contributed by atoms with van der Waals surface area (Å²) in [6, 6.07) is 0.0306. The van der Waals surface area contributed by atoms with E-state index in [0.29, 0.717) is 6.54 Å². The standard InChI is InChI=1S/C14H25N3O2/c1-14(2,17-5-7-19-8-6-17)10-16-13(18)11-3-4-12(15)9-11/h3-4,11-12H,5-10,15H2,1-2H3,(H,16,18). The summed E-state index contributed by atoms with van der Waals surface area (Å²) in [4.78, 5) is 14.4. The van der Waals surface area contributed by atoms with Crippen molar-refractivity contribution in [3.63, 3.8) is 0 Å². The first-order chi connectivity index (χ1) is 8.99. The molecule has 19 heavy (non-hydrogen) atoms. The lowest BCUT2D eigenvalue weighted by Crippen LogP contribution is -2.55. The van der Waals surface area contributed by atoms with Crippen LogP contribution in [0.2, 0.25) is 0 Å². The molecule has 1 aliphatic carbocycles. The Labute approximate surface area is 115 Å². The second kappa shape index (κ2) is 6.03. The van der Waals surface area contributed by atoms with Gasteiger partial charge in [0.2, 0.25) is 5.91 Å². The molecule has 0 spiro atoms. The molecule has 0 aromatic carbocycles. The van der Waals surface area contributed by atoms with Gasteiger partial charge in [-0.25, -0.2) is 0 Å². The lowest BCUT2D eigenvalue weighted by Gasteiger charge is -2.41. The Morgan fingerprint density at radius 1 is 1.42 bits per heavy atom. The summed E-state index contributed by atoms with van der Waals surface area (Å²) in [5.41, 5.74) is 5.74. The van der Waals surface area contributed by atoms with E-state index in [1.807, 2.05) is 12.2 Å². The molecular formula is C14H25N3O2. The molecule has 108 valence electrons. The van der Waals surface area contributed by atoms with Crippen LogP contribution in [0.3, 0.4) is 0 Å². The average Bonchev–Trinajstić information content (AvgIpc) is 2.84. The molecule has 1 heterocycles. The van der Waals surface area contributed by atoms with Crippen molar-refractivity contribution in [2.45, 2.75) is 31.8 Å². The maximum Gasteiger partial charge on any atom is 0.227 e. The first kappa shape index (κ1) is 14.5. The molecule has 1 amide bonds. The van der Waals surface area contributed by atoms with Crippen molar-refractivity contribution in [2.75, 3.05) is 32.8 Å². The topological polar surface area (TPSA) is 67.6 Å². The molecule has 1 saturated heterocycles. The number of rotatable bonds is 4. The van der Waals surface area contributed by atoms with Crippen LogP contribution >= 0.6 is 0 Å². The van der Waals surface area contributed by atoms with Crippen LogP contribution in [0.25, 0.3) is 0 Å². The Balaban J connectivity index is 1.80. The van der Waals surface area contributed by atoms with Crippen molar-refractivity contribution >= 4 is 5.91 Å². The molecule has 2 unspecified atom stereocenters. The van der Waals surface area contributed by atoms with E-state index in [9.17, 15) is 4.79 Å². The van der Waals surface area contributed by atoms with Gasteiger partial charge in [0.25, 0.3) is 0 Å². The highest BCUT2D eigenvalue weighted by Gasteiger charge is 2.30. The number of nitrogens with two attached hydrogens (primary N) is 1. The summed E-state index contributed by atoms with van der Waals surface area (Å²) in [6.07, 6.45) is 4.56. The minimum absolute atomic E-state index is 0.0306. The van der Waals surface area contributed by atoms with Gasteiger partial charge in [-0.1, -0.05) is 12.2 Å². The quantitative estimate of drug-likeness (QED) is 0.710. The highest BCUT2D eigenvalue weighted by atomic mass is 16.5. The van der Waals surface area contributed by atoms with Crippen LogP contribution in [0.15, 0.2) is 12.2 Å². The van der Waals surface area contributed by atoms with Crippen LogP contribution in [-0.2, 0) is 9.53 Å². The van der Waals surface area contributed by atoms with Crippen LogP contribution in [0.5, 0.6) is 0 Å². The summed E-state index contributed by atoms with van der Waals surface area (Å²) >= 11 is 0. The maximum absolute atomic E-state index is 12.1. The van der Waals surface area contributed by atoms with Crippen molar-refractivity contribution in [2.24, 2.45) is 11.7 Å². The molecule has 1 fully saturated rings. The molecule has 0 aromatic heterocycles. The Hall–Kier alpha value is -0.910. The third-order valence-corrected chi connectivity index (χ3v) is 4.02. The molecule has 0 aromatic rings. The average molecular weight is 267 g/mol. The van der Waals surface area contributed by atoms with E-state index in [4.69, 9.17) is 10.5 Å². The van der Waals surface area contributed by atoms with Crippen molar-refractivity contribution in [1.29, 1.82) is 0 Å². The SMILES string of the molecule is CC(C)(CNC(=O)C1C=CC(N)C1)N1CCOCC1. The van der Waals surface area contributed by atoms with Gasteiger partial charge in [0.05, 0.1) is 19.1 Å². The molecule has 1 aliphatic heterocycles. The summed E-state index contributed by atoms with van der Waals surface area (Å²) in [7, 11) is 0. The molecule has 0 radical (unpaired) electrons. The van der Waals surface area contributed by atoms with Crippen molar-refractivity contribution in [3.8, 4) is 0 Å². The molecule has 5 nitrogen and oxygen atoms in total. The van der Waals surface area contributed by atoms with E-state index in [2.05, 4.69) is 24.1 Å². The van der Waals surface area contributed by atoms with Gasteiger partial charge in [-0.05, 0) is 20.3 Å². The molecule has 0 bridgehead atoms. The van der Waals surface area contributed by atoms with Gasteiger partial charge < -0.3 is 15.8 Å². The van der Waals surface area contributed by atoms with E-state index in [-0.39, 0.29) is 23.4 Å². The summed E-state index contributed by atoms with van der Waals surface area (Å²) in [5, 5.41) is 3.05. The van der Waals surface area contributed by atoms with Crippen LogP contribution < -0.4 is 11.1 Å². The number of hydrogen-bond acceptors (Lipinski definition) is 4. The molecule has 2 rings (SSSR count). The predicted octanol–water partition coefficient (Wildman–Crippen LogP) is 0.117. The third-order valence-electron chi connectivity index (χ3n) is 4.02. The van der Waals surface area contributed by atoms with Gasteiger partial charge >= 0.3 is 0 Å². The monoisotopic (exact) mass is 267 g/mol. The van der Waals surface area contributed by atoms with Crippen LogP contribution in [0.1, 0.15) is 20.3 Å². The fourth-order valence-corrected chi connectivity index (χ4v) is 2.64. The normalized spacial score (nSPS) is 28.6. The molecule has 0 saturated carbocycles. The highest BCUT2D eigenvalue weighted by Crippen LogP contribution is 2.18. The largest absolute Gasteiger partial charge is 0.379 e. The number of hydrogen-bond donors (Lipinski definition) is 2. The smallest absolute Gasteiger partial charge is 0.227 e. The van der Waals surface area contributed by atoms with E-state index < -0.39 is 0 Å². The molecule has 3 N–H and O–H groups in total. The fraction of sp³-hybridized carbons (Fsp3) is 0.786. The van der Waals surface area contributed by atoms with Gasteiger partial charge in [-0.2, -0.15) is 0 Å². The molecule has 2 aliphatic rings. The van der Waals surface area contributed by atoms with E-state index in [0.717, 1.165) is 32.7 Å². The van der Waals surface area contributed by atoms with Crippen LogP contribution in [0.4, 0.5) is 0 Å². The zero-order chi connectivity index (χ0) is 13.9. The lowest BCUT2D eigenvalue weighted by atomic mass is 10.0. The summed E-state index contributed by atoms with van der Waals surface area (Å²) in [5.74, 6) is 0.0287. The Kier molecular flexibility index (Phi) is 4.60. The number of amides is 1. The number of ether oxygens (including phenoxy) is 1. The number of nitrogens with one attached hydrogen (secondary N) is 1. The van der Waals surface area contributed by atoms with Gasteiger partial charge in [-0.15, -0.1) is 0 Å². The molecule has 5 heteroatoms. The van der Waals surface area contributed by atoms with Gasteiger partial charge in [-0.3, -0.25) is 9.69 Å². The lowest BCUT2D eigenvalue weighted by molar-refractivity contribution is -0.124. The van der Waals surface area contributed by atoms with Crippen LogP contribution in [-0.4, -0.2) is 55.2 Å². The van der Waals surface area contributed by atoms with Crippen molar-refractivity contribution < 1.29 is 9.53 Å². The van der Waals surface area contributed by atoms with Gasteiger partial charge in [0.15, 0.2) is 0 Å². The number of carbonyl (C=O) groups excluding carboxylic acids is 1. The fourth-order valence-electron chi connectivity index (χ4n) is 2.64. The molecule has 2 atom stereocenters. The highest BCUT2D eigenvalue weighted by molar-refractivity contribution is 5.81. The van der Waals surface area contributed by atoms with E-state index >= 15 is 0 Å². The number of nitrogens with zero attached hydrogens (tertiary/aromatic N) is 1. The van der Waals surface area contributed by atoms with E-state index in [1.165, 1.54) is 0 Å².